The quantitative estimate of drug-likeness (QED) is 0.690. The number of ketones is 1. The van der Waals surface area contributed by atoms with E-state index in [4.69, 9.17) is 9.15 Å². The van der Waals surface area contributed by atoms with E-state index in [-0.39, 0.29) is 11.5 Å². The van der Waals surface area contributed by atoms with E-state index < -0.39 is 0 Å². The van der Waals surface area contributed by atoms with Crippen molar-refractivity contribution in [3.8, 4) is 11.5 Å². The Bertz CT molecular complexity index is 979. The monoisotopic (exact) mass is 338 g/mol. The molecule has 0 bridgehead atoms. The van der Waals surface area contributed by atoms with Gasteiger partial charge in [-0.15, -0.1) is 0 Å². The Kier molecular flexibility index (Phi) is 4.29. The third-order valence-corrected chi connectivity index (χ3v) is 4.76. The highest BCUT2D eigenvalue weighted by molar-refractivity contribution is 6.17. The summed E-state index contributed by atoms with van der Waals surface area (Å²) >= 11 is 0. The zero-order valence-corrected chi connectivity index (χ0v) is 15.2. The van der Waals surface area contributed by atoms with Gasteiger partial charge in [-0.25, -0.2) is 0 Å². The van der Waals surface area contributed by atoms with E-state index in [2.05, 4.69) is 0 Å². The maximum Gasteiger partial charge on any atom is 0.197 e. The average Bonchev–Trinajstić information content (AvgIpc) is 2.99. The van der Waals surface area contributed by atoms with Crippen molar-refractivity contribution in [2.75, 3.05) is 7.11 Å². The summed E-state index contributed by atoms with van der Waals surface area (Å²) in [7, 11) is 1.60. The number of furan rings is 1. The number of carbonyl (C=O) groups excluding carboxylic acids is 1. The normalized spacial score (nSPS) is 11.1. The second-order valence-corrected chi connectivity index (χ2v) is 6.31. The number of aryl methyl sites for hydroxylation is 3. The summed E-state index contributed by atoms with van der Waals surface area (Å²) in [5.74, 6) is 1.23. The smallest absolute Gasteiger partial charge is 0.197 e. The molecule has 1 aromatic heterocycles. The number of carbonyl (C=O) groups is 1. The molecule has 1 N–H and O–H groups in total. The summed E-state index contributed by atoms with van der Waals surface area (Å²) in [4.78, 5) is 13.2. The van der Waals surface area contributed by atoms with Gasteiger partial charge < -0.3 is 14.3 Å². The largest absolute Gasteiger partial charge is 0.504 e. The summed E-state index contributed by atoms with van der Waals surface area (Å²) in [6.07, 6.45) is 0.566. The maximum absolute atomic E-state index is 13.2. The van der Waals surface area contributed by atoms with E-state index in [1.165, 1.54) is 0 Å². The molecule has 25 heavy (non-hydrogen) atoms. The molecule has 4 heteroatoms. The van der Waals surface area contributed by atoms with E-state index in [0.717, 1.165) is 16.7 Å². The number of phenols is 1. The minimum Gasteiger partial charge on any atom is -0.504 e. The van der Waals surface area contributed by atoms with Gasteiger partial charge in [0.2, 0.25) is 0 Å². The summed E-state index contributed by atoms with van der Waals surface area (Å²) in [6, 6.07) is 7.26. The Morgan fingerprint density at radius 1 is 1.16 bits per heavy atom. The van der Waals surface area contributed by atoms with E-state index in [0.29, 0.717) is 40.0 Å². The molecule has 0 unspecified atom stereocenters. The summed E-state index contributed by atoms with van der Waals surface area (Å²) in [6.45, 7) is 7.66. The van der Waals surface area contributed by atoms with Crippen molar-refractivity contribution in [3.05, 3.63) is 57.8 Å². The molecule has 0 amide bonds. The molecular weight excluding hydrogens is 316 g/mol. The van der Waals surface area contributed by atoms with Gasteiger partial charge >= 0.3 is 0 Å². The number of rotatable bonds is 4. The topological polar surface area (TPSA) is 59.7 Å². The van der Waals surface area contributed by atoms with Crippen molar-refractivity contribution in [1.29, 1.82) is 0 Å². The van der Waals surface area contributed by atoms with Crippen LogP contribution >= 0.6 is 0 Å². The van der Waals surface area contributed by atoms with Gasteiger partial charge in [-0.05, 0) is 55.7 Å². The first-order valence-electron chi connectivity index (χ1n) is 8.32. The molecule has 1 heterocycles. The van der Waals surface area contributed by atoms with Gasteiger partial charge in [-0.1, -0.05) is 13.0 Å². The first-order chi connectivity index (χ1) is 11.9. The molecule has 3 aromatic rings. The summed E-state index contributed by atoms with van der Waals surface area (Å²) in [5.41, 5.74) is 4.16. The molecule has 3 rings (SSSR count). The third-order valence-electron chi connectivity index (χ3n) is 4.76. The van der Waals surface area contributed by atoms with Gasteiger partial charge in [0, 0.05) is 17.4 Å². The van der Waals surface area contributed by atoms with Crippen molar-refractivity contribution in [2.24, 2.45) is 0 Å². The van der Waals surface area contributed by atoms with Crippen LogP contribution in [0.25, 0.3) is 11.0 Å². The van der Waals surface area contributed by atoms with Gasteiger partial charge in [0.05, 0.1) is 12.7 Å². The minimum absolute atomic E-state index is 0.0870. The lowest BCUT2D eigenvalue weighted by Gasteiger charge is -2.10. The molecule has 4 nitrogen and oxygen atoms in total. The molecule has 0 spiro atoms. The molecule has 130 valence electrons. The van der Waals surface area contributed by atoms with Crippen LogP contribution in [-0.4, -0.2) is 18.0 Å². The van der Waals surface area contributed by atoms with Crippen LogP contribution < -0.4 is 4.74 Å². The van der Waals surface area contributed by atoms with E-state index in [1.807, 2.05) is 32.9 Å². The predicted octanol–water partition coefficient (Wildman–Crippen LogP) is 4.87. The average molecular weight is 338 g/mol. The van der Waals surface area contributed by atoms with Crippen LogP contribution in [0.5, 0.6) is 11.5 Å². The van der Waals surface area contributed by atoms with Gasteiger partial charge in [-0.3, -0.25) is 4.79 Å². The molecule has 2 aromatic carbocycles. The molecule has 0 fully saturated rings. The van der Waals surface area contributed by atoms with Crippen LogP contribution in [0, 0.1) is 20.8 Å². The van der Waals surface area contributed by atoms with Crippen molar-refractivity contribution >= 4 is 16.8 Å². The lowest BCUT2D eigenvalue weighted by molar-refractivity contribution is 0.103. The van der Waals surface area contributed by atoms with E-state index in [9.17, 15) is 9.90 Å². The number of ether oxygens (including phenoxy) is 1. The fourth-order valence-corrected chi connectivity index (χ4v) is 3.11. The van der Waals surface area contributed by atoms with Gasteiger partial charge in [0.1, 0.15) is 11.5 Å². The number of hydrogen-bond acceptors (Lipinski definition) is 4. The molecular formula is C21H22O4. The fourth-order valence-electron chi connectivity index (χ4n) is 3.11. The molecule has 0 saturated carbocycles. The van der Waals surface area contributed by atoms with Gasteiger partial charge in [-0.2, -0.15) is 0 Å². The Morgan fingerprint density at radius 3 is 2.52 bits per heavy atom. The summed E-state index contributed by atoms with van der Waals surface area (Å²) in [5, 5.41) is 10.9. The second kappa shape index (κ2) is 6.28. The van der Waals surface area contributed by atoms with Crippen LogP contribution in [0.3, 0.4) is 0 Å². The van der Waals surface area contributed by atoms with Crippen molar-refractivity contribution < 1.29 is 19.1 Å². The standard InChI is InChI=1S/C21H22O4/c1-6-16-18(15-8-7-11(2)19(22)21(15)25-16)20(23)14-9-12(3)13(4)17(10-14)24-5/h7-10,22H,6H2,1-5H3. The highest BCUT2D eigenvalue weighted by atomic mass is 16.5. The molecule has 0 aliphatic carbocycles. The zero-order valence-electron chi connectivity index (χ0n) is 15.2. The lowest BCUT2D eigenvalue weighted by atomic mass is 9.95. The number of phenolic OH excluding ortho intramolecular Hbond substituents is 1. The van der Waals surface area contributed by atoms with Crippen LogP contribution in [0.1, 0.15) is 45.3 Å². The maximum atomic E-state index is 13.2. The predicted molar refractivity (Wildman–Crippen MR) is 97.9 cm³/mol. The number of hydrogen-bond donors (Lipinski definition) is 1. The molecule has 0 radical (unpaired) electrons. The second-order valence-electron chi connectivity index (χ2n) is 6.31. The number of fused-ring (bicyclic) bond motifs is 1. The fraction of sp³-hybridized carbons (Fsp3) is 0.286. The zero-order chi connectivity index (χ0) is 18.3. The van der Waals surface area contributed by atoms with Crippen molar-refractivity contribution in [2.45, 2.75) is 34.1 Å². The summed E-state index contributed by atoms with van der Waals surface area (Å²) < 4.78 is 11.2. The van der Waals surface area contributed by atoms with Gasteiger partial charge in [0.15, 0.2) is 17.1 Å². The van der Waals surface area contributed by atoms with E-state index >= 15 is 0 Å². The SMILES string of the molecule is CCc1oc2c(O)c(C)ccc2c1C(=O)c1cc(C)c(C)c(OC)c1. The number of benzene rings is 2. The molecule has 0 atom stereocenters. The third kappa shape index (κ3) is 2.68. The first-order valence-corrected chi connectivity index (χ1v) is 8.32. The van der Waals surface area contributed by atoms with E-state index in [1.54, 1.807) is 26.2 Å². The Hall–Kier alpha value is -2.75. The van der Waals surface area contributed by atoms with Crippen molar-refractivity contribution in [3.63, 3.8) is 0 Å². The highest BCUT2D eigenvalue weighted by Gasteiger charge is 2.24. The Morgan fingerprint density at radius 2 is 1.88 bits per heavy atom. The minimum atomic E-state index is -0.125. The lowest BCUT2D eigenvalue weighted by Crippen LogP contribution is -2.05. The molecule has 0 saturated heterocycles. The Balaban J connectivity index is 2.24. The molecule has 0 aliphatic rings. The van der Waals surface area contributed by atoms with Crippen LogP contribution in [-0.2, 0) is 6.42 Å². The van der Waals surface area contributed by atoms with Gasteiger partial charge in [0.25, 0.3) is 0 Å². The van der Waals surface area contributed by atoms with Crippen LogP contribution in [0.15, 0.2) is 28.7 Å². The van der Waals surface area contributed by atoms with Crippen LogP contribution in [0.2, 0.25) is 0 Å². The highest BCUT2D eigenvalue weighted by Crippen LogP contribution is 2.36. The number of aromatic hydroxyl groups is 1. The van der Waals surface area contributed by atoms with Crippen molar-refractivity contribution in [1.82, 2.24) is 0 Å². The van der Waals surface area contributed by atoms with Crippen LogP contribution in [0.4, 0.5) is 0 Å². The molecule has 0 aliphatic heterocycles. The first kappa shape index (κ1) is 17.1. The Labute approximate surface area is 147 Å². The number of methoxy groups -OCH3 is 1.